The molecule has 0 bridgehead atoms. The third kappa shape index (κ3) is 3.31. The Kier molecular flexibility index (Phi) is 2.92. The summed E-state index contributed by atoms with van der Waals surface area (Å²) < 4.78 is 24.2. The average Bonchev–Trinajstić information content (AvgIpc) is 1.94. The predicted octanol–water partition coefficient (Wildman–Crippen LogP) is -0.844. The Morgan fingerprint density at radius 1 is 1.54 bits per heavy atom. The van der Waals surface area contributed by atoms with Gasteiger partial charge in [0, 0.05) is 26.1 Å². The van der Waals surface area contributed by atoms with Crippen molar-refractivity contribution in [3.05, 3.63) is 0 Å². The van der Waals surface area contributed by atoms with Crippen molar-refractivity contribution in [2.24, 2.45) is 0 Å². The molecule has 0 aromatic rings. The largest absolute Gasteiger partial charge is 0.344 e. The third-order valence-corrected chi connectivity index (χ3v) is 2.77. The van der Waals surface area contributed by atoms with E-state index >= 15 is 0 Å². The van der Waals surface area contributed by atoms with Gasteiger partial charge in [-0.25, -0.2) is 13.1 Å². The molecular weight excluding hydrogens is 192 g/mol. The minimum atomic E-state index is -3.15. The number of carbonyl (C=O) groups excluding carboxylic acids is 1. The lowest BCUT2D eigenvalue weighted by Crippen LogP contribution is -2.48. The Bertz CT molecular complexity index is 299. The van der Waals surface area contributed by atoms with Crippen LogP contribution in [0.25, 0.3) is 0 Å². The first-order chi connectivity index (χ1) is 5.88. The molecule has 0 aromatic heterocycles. The molecule has 1 rings (SSSR count). The number of sulfonamides is 1. The summed E-state index contributed by atoms with van der Waals surface area (Å²) in [5.41, 5.74) is 0. The van der Waals surface area contributed by atoms with E-state index in [-0.39, 0.29) is 11.9 Å². The van der Waals surface area contributed by atoms with Crippen LogP contribution in [0.5, 0.6) is 0 Å². The molecule has 1 aliphatic heterocycles. The van der Waals surface area contributed by atoms with Crippen LogP contribution in [0, 0.1) is 0 Å². The minimum absolute atomic E-state index is 0.0755. The highest BCUT2D eigenvalue weighted by atomic mass is 32.2. The summed E-state index contributed by atoms with van der Waals surface area (Å²) in [6.45, 7) is 0.464. The lowest BCUT2D eigenvalue weighted by atomic mass is 10.1. The van der Waals surface area contributed by atoms with E-state index in [9.17, 15) is 13.2 Å². The summed E-state index contributed by atoms with van der Waals surface area (Å²) in [6, 6.07) is -0.127. The smallest absolute Gasteiger partial charge is 0.222 e. The second-order valence-electron chi connectivity index (χ2n) is 3.40. The van der Waals surface area contributed by atoms with Crippen LogP contribution < -0.4 is 4.72 Å². The van der Waals surface area contributed by atoms with Gasteiger partial charge in [-0.3, -0.25) is 4.79 Å². The van der Waals surface area contributed by atoms with Crippen LogP contribution in [0.3, 0.4) is 0 Å². The second-order valence-corrected chi connectivity index (χ2v) is 5.18. The molecule has 13 heavy (non-hydrogen) atoms. The fourth-order valence-corrected chi connectivity index (χ4v) is 2.21. The van der Waals surface area contributed by atoms with Crippen molar-refractivity contribution in [3.63, 3.8) is 0 Å². The molecule has 1 heterocycles. The molecule has 5 nitrogen and oxygen atoms in total. The standard InChI is InChI=1S/C7H14N2O3S/c1-9-5-6(3-4-7(9)10)8-13(2,11)12/h6,8H,3-5H2,1-2H3. The Labute approximate surface area is 78.2 Å². The first-order valence-electron chi connectivity index (χ1n) is 4.10. The van der Waals surface area contributed by atoms with E-state index in [2.05, 4.69) is 4.72 Å². The first kappa shape index (κ1) is 10.5. The number of nitrogens with zero attached hydrogens (tertiary/aromatic N) is 1. The second kappa shape index (κ2) is 3.63. The van der Waals surface area contributed by atoms with Crippen molar-refractivity contribution >= 4 is 15.9 Å². The van der Waals surface area contributed by atoms with E-state index in [4.69, 9.17) is 0 Å². The van der Waals surface area contributed by atoms with Crippen LogP contribution in [0.1, 0.15) is 12.8 Å². The van der Waals surface area contributed by atoms with Crippen molar-refractivity contribution in [2.45, 2.75) is 18.9 Å². The molecule has 0 aliphatic carbocycles. The molecule has 76 valence electrons. The lowest BCUT2D eigenvalue weighted by Gasteiger charge is -2.29. The number of nitrogens with one attached hydrogen (secondary N) is 1. The fourth-order valence-electron chi connectivity index (χ4n) is 1.41. The summed E-state index contributed by atoms with van der Waals surface area (Å²) in [6.07, 6.45) is 2.14. The number of carbonyl (C=O) groups is 1. The Morgan fingerprint density at radius 2 is 2.15 bits per heavy atom. The highest BCUT2D eigenvalue weighted by molar-refractivity contribution is 7.88. The minimum Gasteiger partial charge on any atom is -0.344 e. The van der Waals surface area contributed by atoms with E-state index in [0.29, 0.717) is 19.4 Å². The van der Waals surface area contributed by atoms with Gasteiger partial charge in [0.25, 0.3) is 0 Å². The molecule has 1 saturated heterocycles. The van der Waals surface area contributed by atoms with Gasteiger partial charge in [-0.1, -0.05) is 0 Å². The zero-order chi connectivity index (χ0) is 10.1. The number of likely N-dealkylation sites (N-methyl/N-ethyl adjacent to an activating group) is 1. The maximum absolute atomic E-state index is 11.1. The molecule has 1 atom stereocenters. The van der Waals surface area contributed by atoms with Crippen molar-refractivity contribution in [1.29, 1.82) is 0 Å². The molecule has 0 saturated carbocycles. The third-order valence-electron chi connectivity index (χ3n) is 2.01. The zero-order valence-corrected chi connectivity index (χ0v) is 8.60. The van der Waals surface area contributed by atoms with Gasteiger partial charge in [0.1, 0.15) is 0 Å². The normalized spacial score (nSPS) is 24.9. The van der Waals surface area contributed by atoms with Gasteiger partial charge < -0.3 is 4.90 Å². The molecule has 6 heteroatoms. The quantitative estimate of drug-likeness (QED) is 0.640. The molecule has 0 radical (unpaired) electrons. The van der Waals surface area contributed by atoms with E-state index < -0.39 is 10.0 Å². The van der Waals surface area contributed by atoms with Crippen LogP contribution in [0.15, 0.2) is 0 Å². The average molecular weight is 206 g/mol. The van der Waals surface area contributed by atoms with E-state index in [1.165, 1.54) is 0 Å². The van der Waals surface area contributed by atoms with Crippen molar-refractivity contribution in [1.82, 2.24) is 9.62 Å². The highest BCUT2D eigenvalue weighted by Crippen LogP contribution is 2.09. The van der Waals surface area contributed by atoms with Crippen molar-refractivity contribution < 1.29 is 13.2 Å². The number of piperidine rings is 1. The van der Waals surface area contributed by atoms with E-state index in [1.54, 1.807) is 11.9 Å². The van der Waals surface area contributed by atoms with Gasteiger partial charge in [0.15, 0.2) is 0 Å². The van der Waals surface area contributed by atoms with Gasteiger partial charge in [0.2, 0.25) is 15.9 Å². The summed E-state index contributed by atoms with van der Waals surface area (Å²) >= 11 is 0. The van der Waals surface area contributed by atoms with E-state index in [0.717, 1.165) is 6.26 Å². The molecule has 1 aliphatic rings. The Balaban J connectivity index is 2.52. The molecule has 0 spiro atoms. The summed E-state index contributed by atoms with van der Waals surface area (Å²) in [5, 5.41) is 0. The number of rotatable bonds is 2. The van der Waals surface area contributed by atoms with E-state index in [1.807, 2.05) is 0 Å². The van der Waals surface area contributed by atoms with Gasteiger partial charge in [-0.2, -0.15) is 0 Å². The molecule has 0 aromatic carbocycles. The van der Waals surface area contributed by atoms with Crippen LogP contribution >= 0.6 is 0 Å². The van der Waals surface area contributed by atoms with Crippen molar-refractivity contribution in [2.75, 3.05) is 19.8 Å². The summed E-state index contributed by atoms with van der Waals surface area (Å²) in [5.74, 6) is 0.0755. The van der Waals surface area contributed by atoms with Gasteiger partial charge in [-0.15, -0.1) is 0 Å². The van der Waals surface area contributed by atoms with Crippen LogP contribution in [-0.2, 0) is 14.8 Å². The topological polar surface area (TPSA) is 66.5 Å². The van der Waals surface area contributed by atoms with Crippen molar-refractivity contribution in [3.8, 4) is 0 Å². The fraction of sp³-hybridized carbons (Fsp3) is 0.857. The molecule has 1 N–H and O–H groups in total. The molecular formula is C7H14N2O3S. The lowest BCUT2D eigenvalue weighted by molar-refractivity contribution is -0.132. The molecule has 1 amide bonds. The van der Waals surface area contributed by atoms with Crippen LogP contribution in [-0.4, -0.2) is 45.1 Å². The highest BCUT2D eigenvalue weighted by Gasteiger charge is 2.24. The maximum atomic E-state index is 11.1. The van der Waals surface area contributed by atoms with Gasteiger partial charge >= 0.3 is 0 Å². The Hall–Kier alpha value is -0.620. The zero-order valence-electron chi connectivity index (χ0n) is 7.78. The van der Waals surface area contributed by atoms with Gasteiger partial charge in [0.05, 0.1) is 6.26 Å². The summed E-state index contributed by atoms with van der Waals surface area (Å²) in [7, 11) is -1.47. The molecule has 1 unspecified atom stereocenters. The monoisotopic (exact) mass is 206 g/mol. The summed E-state index contributed by atoms with van der Waals surface area (Å²) in [4.78, 5) is 12.6. The number of hydrogen-bond acceptors (Lipinski definition) is 3. The molecule has 1 fully saturated rings. The number of likely N-dealkylation sites (tertiary alicyclic amines) is 1. The van der Waals surface area contributed by atoms with Crippen LogP contribution in [0.2, 0.25) is 0 Å². The number of amides is 1. The maximum Gasteiger partial charge on any atom is 0.222 e. The first-order valence-corrected chi connectivity index (χ1v) is 5.99. The van der Waals surface area contributed by atoms with Crippen LogP contribution in [0.4, 0.5) is 0 Å². The number of hydrogen-bond donors (Lipinski definition) is 1. The van der Waals surface area contributed by atoms with Gasteiger partial charge in [-0.05, 0) is 6.42 Å². The Morgan fingerprint density at radius 3 is 2.62 bits per heavy atom. The SMILES string of the molecule is CN1CC(NS(C)(=O)=O)CCC1=O. The predicted molar refractivity (Wildman–Crippen MR) is 48.6 cm³/mol.